The summed E-state index contributed by atoms with van der Waals surface area (Å²) in [4.78, 5) is 0. The van der Waals surface area contributed by atoms with Gasteiger partial charge in [0, 0.05) is 14.5 Å². The third-order valence-electron chi connectivity index (χ3n) is 3.07. The monoisotopic (exact) mass is 386 g/mol. The van der Waals surface area contributed by atoms with Gasteiger partial charge in [-0.3, -0.25) is 0 Å². The zero-order chi connectivity index (χ0) is 14.2. The van der Waals surface area contributed by atoms with E-state index in [9.17, 15) is 9.50 Å². The van der Waals surface area contributed by atoms with E-state index in [4.69, 9.17) is 0 Å². The summed E-state index contributed by atoms with van der Waals surface area (Å²) in [7, 11) is 0. The molecule has 1 nitrogen and oxygen atoms in total. The van der Waals surface area contributed by atoms with Gasteiger partial charge in [-0.25, -0.2) is 4.39 Å². The second kappa shape index (κ2) is 5.73. The summed E-state index contributed by atoms with van der Waals surface area (Å²) >= 11 is 6.91. The predicted octanol–water partition coefficient (Wildman–Crippen LogP) is 5.05. The van der Waals surface area contributed by atoms with Crippen LogP contribution >= 0.6 is 31.9 Å². The molecule has 0 aliphatic heterocycles. The van der Waals surface area contributed by atoms with E-state index in [1.165, 1.54) is 6.07 Å². The average molecular weight is 388 g/mol. The minimum absolute atomic E-state index is 0.264. The van der Waals surface area contributed by atoms with Gasteiger partial charge in [-0.05, 0) is 48.7 Å². The summed E-state index contributed by atoms with van der Waals surface area (Å²) in [6.45, 7) is 3.67. The molecule has 0 aliphatic carbocycles. The van der Waals surface area contributed by atoms with Gasteiger partial charge in [0.25, 0.3) is 0 Å². The molecule has 19 heavy (non-hydrogen) atoms. The molecule has 0 saturated heterocycles. The Hall–Kier alpha value is -0.710. The van der Waals surface area contributed by atoms with Crippen molar-refractivity contribution in [1.82, 2.24) is 0 Å². The van der Waals surface area contributed by atoms with Gasteiger partial charge in [-0.1, -0.05) is 44.0 Å². The second-order valence-corrected chi connectivity index (χ2v) is 6.24. The summed E-state index contributed by atoms with van der Waals surface area (Å²) in [5, 5.41) is 10.4. The van der Waals surface area contributed by atoms with Crippen LogP contribution in [0.5, 0.6) is 0 Å². The lowest BCUT2D eigenvalue weighted by molar-refractivity contribution is 0.219. The van der Waals surface area contributed by atoms with E-state index in [1.54, 1.807) is 19.1 Å². The zero-order valence-corrected chi connectivity index (χ0v) is 13.7. The molecule has 0 saturated carbocycles. The van der Waals surface area contributed by atoms with Crippen molar-refractivity contribution >= 4 is 31.9 Å². The Labute approximate surface area is 128 Å². The highest BCUT2D eigenvalue weighted by atomic mass is 79.9. The molecule has 0 spiro atoms. The van der Waals surface area contributed by atoms with E-state index >= 15 is 0 Å². The summed E-state index contributed by atoms with van der Waals surface area (Å²) in [5.41, 5.74) is 3.04. The number of benzene rings is 2. The maximum absolute atomic E-state index is 13.3. The molecule has 2 rings (SSSR count). The highest BCUT2D eigenvalue weighted by Gasteiger charge is 2.16. The van der Waals surface area contributed by atoms with Crippen LogP contribution < -0.4 is 0 Å². The molecular formula is C15H13Br2FO. The first-order valence-corrected chi connectivity index (χ1v) is 7.38. The van der Waals surface area contributed by atoms with E-state index in [-0.39, 0.29) is 5.82 Å². The molecule has 1 N–H and O–H groups in total. The molecule has 2 aromatic rings. The van der Waals surface area contributed by atoms with Crippen LogP contribution in [-0.4, -0.2) is 5.11 Å². The van der Waals surface area contributed by atoms with E-state index in [2.05, 4.69) is 31.9 Å². The van der Waals surface area contributed by atoms with E-state index < -0.39 is 6.10 Å². The van der Waals surface area contributed by atoms with Gasteiger partial charge >= 0.3 is 0 Å². The minimum Gasteiger partial charge on any atom is -0.384 e. The quantitative estimate of drug-likeness (QED) is 0.764. The molecule has 100 valence electrons. The van der Waals surface area contributed by atoms with Crippen molar-refractivity contribution in [3.63, 3.8) is 0 Å². The Kier molecular flexibility index (Phi) is 4.43. The van der Waals surface area contributed by atoms with Gasteiger partial charge in [-0.15, -0.1) is 0 Å². The fraction of sp³-hybridized carbons (Fsp3) is 0.200. The van der Waals surface area contributed by atoms with Crippen molar-refractivity contribution in [3.8, 4) is 0 Å². The van der Waals surface area contributed by atoms with Crippen molar-refractivity contribution < 1.29 is 9.50 Å². The average Bonchev–Trinajstić information content (AvgIpc) is 2.36. The molecule has 0 heterocycles. The lowest BCUT2D eigenvalue weighted by Crippen LogP contribution is -2.02. The SMILES string of the molecule is Cc1cc(C(O)c2cc(Br)c(C)cc2Br)ccc1F. The molecule has 2 aromatic carbocycles. The van der Waals surface area contributed by atoms with Crippen LogP contribution in [0.1, 0.15) is 28.4 Å². The number of aliphatic hydroxyl groups is 1. The van der Waals surface area contributed by atoms with Crippen LogP contribution in [0, 0.1) is 19.7 Å². The number of halogens is 3. The highest BCUT2D eigenvalue weighted by molar-refractivity contribution is 9.11. The van der Waals surface area contributed by atoms with Crippen molar-refractivity contribution in [2.75, 3.05) is 0 Å². The Bertz CT molecular complexity index is 626. The minimum atomic E-state index is -0.787. The first kappa shape index (κ1) is 14.7. The summed E-state index contributed by atoms with van der Waals surface area (Å²) in [6.07, 6.45) is -0.787. The molecule has 0 fully saturated rings. The van der Waals surface area contributed by atoms with Crippen LogP contribution in [0.3, 0.4) is 0 Å². The van der Waals surface area contributed by atoms with Crippen molar-refractivity contribution in [3.05, 3.63) is 67.3 Å². The summed E-state index contributed by atoms with van der Waals surface area (Å²) < 4.78 is 15.0. The first-order chi connectivity index (χ1) is 8.90. The Morgan fingerprint density at radius 1 is 1.00 bits per heavy atom. The highest BCUT2D eigenvalue weighted by Crippen LogP contribution is 2.33. The van der Waals surface area contributed by atoms with E-state index in [1.807, 2.05) is 19.1 Å². The van der Waals surface area contributed by atoms with Crippen molar-refractivity contribution in [2.24, 2.45) is 0 Å². The Balaban J connectivity index is 2.46. The number of aryl methyl sites for hydroxylation is 2. The topological polar surface area (TPSA) is 20.2 Å². The largest absolute Gasteiger partial charge is 0.384 e. The van der Waals surface area contributed by atoms with Crippen LogP contribution in [0.25, 0.3) is 0 Å². The molecule has 0 bridgehead atoms. The number of rotatable bonds is 2. The molecule has 0 aromatic heterocycles. The molecule has 1 atom stereocenters. The second-order valence-electron chi connectivity index (χ2n) is 4.53. The van der Waals surface area contributed by atoms with Gasteiger partial charge in [0.15, 0.2) is 0 Å². The molecule has 0 amide bonds. The molecular weight excluding hydrogens is 375 g/mol. The third-order valence-corrected chi connectivity index (χ3v) is 4.61. The normalized spacial score (nSPS) is 12.5. The van der Waals surface area contributed by atoms with Crippen LogP contribution in [-0.2, 0) is 0 Å². The number of hydrogen-bond donors (Lipinski definition) is 1. The van der Waals surface area contributed by atoms with Gasteiger partial charge in [0.2, 0.25) is 0 Å². The number of hydrogen-bond acceptors (Lipinski definition) is 1. The van der Waals surface area contributed by atoms with Crippen molar-refractivity contribution in [2.45, 2.75) is 20.0 Å². The smallest absolute Gasteiger partial charge is 0.126 e. The van der Waals surface area contributed by atoms with Crippen LogP contribution in [0.4, 0.5) is 4.39 Å². The van der Waals surface area contributed by atoms with Gasteiger partial charge in [-0.2, -0.15) is 0 Å². The van der Waals surface area contributed by atoms with E-state index in [0.29, 0.717) is 11.1 Å². The maximum Gasteiger partial charge on any atom is 0.126 e. The van der Waals surface area contributed by atoms with Crippen LogP contribution in [0.2, 0.25) is 0 Å². The standard InChI is InChI=1S/C15H13Br2FO/c1-8-6-13(17)11(7-12(8)16)15(19)10-3-4-14(18)9(2)5-10/h3-7,15,19H,1-2H3. The fourth-order valence-corrected chi connectivity index (χ4v) is 2.92. The lowest BCUT2D eigenvalue weighted by Gasteiger charge is -2.15. The fourth-order valence-electron chi connectivity index (χ4n) is 1.89. The molecule has 0 radical (unpaired) electrons. The summed E-state index contributed by atoms with van der Waals surface area (Å²) in [6, 6.07) is 8.47. The number of aliphatic hydroxyl groups excluding tert-OH is 1. The van der Waals surface area contributed by atoms with Gasteiger partial charge in [0.1, 0.15) is 11.9 Å². The van der Waals surface area contributed by atoms with Gasteiger partial charge in [0.05, 0.1) is 0 Å². The molecule has 0 aliphatic rings. The van der Waals surface area contributed by atoms with E-state index in [0.717, 1.165) is 20.1 Å². The first-order valence-electron chi connectivity index (χ1n) is 5.80. The van der Waals surface area contributed by atoms with Crippen molar-refractivity contribution in [1.29, 1.82) is 0 Å². The molecule has 4 heteroatoms. The molecule has 1 unspecified atom stereocenters. The van der Waals surface area contributed by atoms with Crippen LogP contribution in [0.15, 0.2) is 39.3 Å². The summed E-state index contributed by atoms with van der Waals surface area (Å²) in [5.74, 6) is -0.264. The lowest BCUT2D eigenvalue weighted by atomic mass is 9.99. The van der Waals surface area contributed by atoms with Gasteiger partial charge < -0.3 is 5.11 Å². The Morgan fingerprint density at radius 3 is 2.32 bits per heavy atom. The third kappa shape index (κ3) is 3.07. The predicted molar refractivity (Wildman–Crippen MR) is 81.8 cm³/mol. The Morgan fingerprint density at radius 2 is 1.68 bits per heavy atom. The zero-order valence-electron chi connectivity index (χ0n) is 10.5. The maximum atomic E-state index is 13.3.